The first-order valence-electron chi connectivity index (χ1n) is 7.84. The Morgan fingerprint density at radius 1 is 1.07 bits per heavy atom. The molecule has 0 aromatic heterocycles. The number of nitrogens with zero attached hydrogens (tertiary/aromatic N) is 1. The lowest BCUT2D eigenvalue weighted by atomic mass is 10.3. The van der Waals surface area contributed by atoms with Gasteiger partial charge in [0.05, 0.1) is 6.54 Å². The van der Waals surface area contributed by atoms with E-state index in [1.807, 2.05) is 0 Å². The third-order valence-electron chi connectivity index (χ3n) is 3.35. The molecule has 2 aromatic carbocycles. The van der Waals surface area contributed by atoms with Crippen LogP contribution >= 0.6 is 0 Å². The molecule has 0 radical (unpaired) electrons. The number of hydrogen-bond donors (Lipinski definition) is 2. The van der Waals surface area contributed by atoms with E-state index in [4.69, 9.17) is 19.9 Å². The van der Waals surface area contributed by atoms with Crippen molar-refractivity contribution < 1.29 is 32.1 Å². The quantitative estimate of drug-likeness (QED) is 0.453. The van der Waals surface area contributed by atoms with Gasteiger partial charge in [0.15, 0.2) is 17.5 Å². The molecule has 27 heavy (non-hydrogen) atoms. The van der Waals surface area contributed by atoms with Gasteiger partial charge in [-0.05, 0) is 36.4 Å². The fourth-order valence-corrected chi connectivity index (χ4v) is 2.22. The first kappa shape index (κ1) is 18.5. The van der Waals surface area contributed by atoms with Gasteiger partial charge >= 0.3 is 6.36 Å². The highest BCUT2D eigenvalue weighted by Gasteiger charge is 2.30. The van der Waals surface area contributed by atoms with Crippen molar-refractivity contribution in [1.82, 2.24) is 0 Å². The second-order valence-electron chi connectivity index (χ2n) is 5.33. The summed E-state index contributed by atoms with van der Waals surface area (Å²) in [5.41, 5.74) is 6.21. The average Bonchev–Trinajstić information content (AvgIpc) is 3.07. The van der Waals surface area contributed by atoms with E-state index >= 15 is 0 Å². The van der Waals surface area contributed by atoms with Crippen molar-refractivity contribution in [2.45, 2.75) is 6.36 Å². The van der Waals surface area contributed by atoms with Gasteiger partial charge in [-0.15, -0.1) is 13.2 Å². The predicted octanol–water partition coefficient (Wildman–Crippen LogP) is 3.12. The molecule has 0 unspecified atom stereocenters. The molecule has 7 nitrogen and oxygen atoms in total. The van der Waals surface area contributed by atoms with Crippen LogP contribution in [-0.4, -0.2) is 32.3 Å². The van der Waals surface area contributed by atoms with Gasteiger partial charge in [0.2, 0.25) is 6.79 Å². The Morgan fingerprint density at radius 3 is 2.52 bits per heavy atom. The molecule has 1 aliphatic rings. The normalized spacial score (nSPS) is 13.4. The minimum absolute atomic E-state index is 0.105. The van der Waals surface area contributed by atoms with Crippen LogP contribution in [0.4, 0.5) is 18.9 Å². The van der Waals surface area contributed by atoms with E-state index in [0.29, 0.717) is 22.9 Å². The maximum atomic E-state index is 12.1. The largest absolute Gasteiger partial charge is 0.573 e. The third kappa shape index (κ3) is 5.59. The molecule has 0 aliphatic carbocycles. The van der Waals surface area contributed by atoms with E-state index in [2.05, 4.69) is 15.0 Å². The number of benzene rings is 2. The van der Waals surface area contributed by atoms with Gasteiger partial charge in [0, 0.05) is 11.8 Å². The molecule has 10 heteroatoms. The van der Waals surface area contributed by atoms with E-state index in [-0.39, 0.29) is 31.7 Å². The number of ether oxygens (including phenoxy) is 4. The number of guanidine groups is 1. The first-order chi connectivity index (χ1) is 12.9. The maximum Gasteiger partial charge on any atom is 0.573 e. The number of nitrogens with two attached hydrogens (primary N) is 1. The Bertz CT molecular complexity index is 810. The van der Waals surface area contributed by atoms with Crippen LogP contribution in [0.3, 0.4) is 0 Å². The summed E-state index contributed by atoms with van der Waals surface area (Å²) < 4.78 is 56.1. The number of halogens is 3. The van der Waals surface area contributed by atoms with E-state index in [1.54, 1.807) is 18.2 Å². The second-order valence-corrected chi connectivity index (χ2v) is 5.33. The summed E-state index contributed by atoms with van der Waals surface area (Å²) in [6.07, 6.45) is -4.73. The third-order valence-corrected chi connectivity index (χ3v) is 3.35. The lowest BCUT2D eigenvalue weighted by molar-refractivity contribution is -0.274. The molecule has 1 aliphatic heterocycles. The van der Waals surface area contributed by atoms with Crippen LogP contribution < -0.4 is 30.0 Å². The fourth-order valence-electron chi connectivity index (χ4n) is 2.22. The van der Waals surface area contributed by atoms with E-state index in [9.17, 15) is 13.2 Å². The smallest absolute Gasteiger partial charge is 0.492 e. The maximum absolute atomic E-state index is 12.1. The van der Waals surface area contributed by atoms with E-state index in [1.165, 1.54) is 24.3 Å². The Hall–Kier alpha value is -3.30. The summed E-state index contributed by atoms with van der Waals surface area (Å²) >= 11 is 0. The molecule has 144 valence electrons. The number of aliphatic imine (C=N–C) groups is 1. The molecule has 3 rings (SSSR count). The zero-order chi connectivity index (χ0) is 19.3. The van der Waals surface area contributed by atoms with Gasteiger partial charge in [0.25, 0.3) is 0 Å². The van der Waals surface area contributed by atoms with Crippen molar-refractivity contribution in [2.75, 3.05) is 25.3 Å². The summed E-state index contributed by atoms with van der Waals surface area (Å²) in [6.45, 7) is 0.748. The zero-order valence-electron chi connectivity index (χ0n) is 14.0. The van der Waals surface area contributed by atoms with Gasteiger partial charge < -0.3 is 30.0 Å². The Kier molecular flexibility index (Phi) is 5.43. The molecule has 0 fully saturated rings. The van der Waals surface area contributed by atoms with Crippen LogP contribution in [0.5, 0.6) is 23.0 Å². The van der Waals surface area contributed by atoms with Crippen molar-refractivity contribution >= 4 is 11.6 Å². The van der Waals surface area contributed by atoms with Gasteiger partial charge in [-0.2, -0.15) is 0 Å². The molecule has 0 spiro atoms. The van der Waals surface area contributed by atoms with Gasteiger partial charge in [-0.25, -0.2) is 4.99 Å². The number of nitrogens with one attached hydrogen (secondary N) is 1. The number of anilines is 1. The Balaban J connectivity index is 1.44. The average molecular weight is 383 g/mol. The fraction of sp³-hybridized carbons (Fsp3) is 0.235. The molecule has 0 saturated heterocycles. The van der Waals surface area contributed by atoms with Crippen LogP contribution in [0.15, 0.2) is 47.5 Å². The SMILES string of the molecule is NC(=NCCOc1ccc2c(c1)OCO2)Nc1ccc(OC(F)(F)F)cc1. The highest BCUT2D eigenvalue weighted by Crippen LogP contribution is 2.35. The van der Waals surface area contributed by atoms with Crippen molar-refractivity contribution in [2.24, 2.45) is 10.7 Å². The summed E-state index contributed by atoms with van der Waals surface area (Å²) in [5, 5.41) is 2.76. The number of rotatable bonds is 6. The zero-order valence-corrected chi connectivity index (χ0v) is 14.0. The van der Waals surface area contributed by atoms with E-state index in [0.717, 1.165) is 0 Å². The summed E-state index contributed by atoms with van der Waals surface area (Å²) in [4.78, 5) is 4.08. The molecule has 3 N–H and O–H groups in total. The van der Waals surface area contributed by atoms with Crippen molar-refractivity contribution in [1.29, 1.82) is 0 Å². The Morgan fingerprint density at radius 2 is 1.78 bits per heavy atom. The molecular formula is C17H16F3N3O4. The van der Waals surface area contributed by atoms with E-state index < -0.39 is 6.36 Å². The highest BCUT2D eigenvalue weighted by molar-refractivity contribution is 5.92. The topological polar surface area (TPSA) is 87.3 Å². The predicted molar refractivity (Wildman–Crippen MR) is 91.3 cm³/mol. The molecule has 1 heterocycles. The highest BCUT2D eigenvalue weighted by atomic mass is 19.4. The lowest BCUT2D eigenvalue weighted by Gasteiger charge is -2.10. The van der Waals surface area contributed by atoms with Gasteiger partial charge in [-0.1, -0.05) is 0 Å². The molecule has 0 saturated carbocycles. The van der Waals surface area contributed by atoms with Crippen LogP contribution in [0.25, 0.3) is 0 Å². The summed E-state index contributed by atoms with van der Waals surface area (Å²) in [5.74, 6) is 1.69. The number of alkyl halides is 3. The van der Waals surface area contributed by atoms with Crippen LogP contribution in [0, 0.1) is 0 Å². The minimum atomic E-state index is -4.73. The number of fused-ring (bicyclic) bond motifs is 1. The van der Waals surface area contributed by atoms with Gasteiger partial charge in [0.1, 0.15) is 18.1 Å². The lowest BCUT2D eigenvalue weighted by Crippen LogP contribution is -2.23. The van der Waals surface area contributed by atoms with Crippen LogP contribution in [-0.2, 0) is 0 Å². The molecule has 0 atom stereocenters. The monoisotopic (exact) mass is 383 g/mol. The summed E-state index contributed by atoms with van der Waals surface area (Å²) in [6, 6.07) is 10.4. The molecule has 0 amide bonds. The molecule has 0 bridgehead atoms. The molecular weight excluding hydrogens is 367 g/mol. The van der Waals surface area contributed by atoms with Crippen LogP contribution in [0.2, 0.25) is 0 Å². The van der Waals surface area contributed by atoms with Crippen molar-refractivity contribution in [3.8, 4) is 23.0 Å². The Labute approximate surface area is 152 Å². The molecule has 2 aromatic rings. The van der Waals surface area contributed by atoms with Crippen molar-refractivity contribution in [3.05, 3.63) is 42.5 Å². The summed E-state index contributed by atoms with van der Waals surface area (Å²) in [7, 11) is 0. The minimum Gasteiger partial charge on any atom is -0.492 e. The van der Waals surface area contributed by atoms with Crippen molar-refractivity contribution in [3.63, 3.8) is 0 Å². The van der Waals surface area contributed by atoms with Gasteiger partial charge in [-0.3, -0.25) is 0 Å². The first-order valence-corrected chi connectivity index (χ1v) is 7.84. The second kappa shape index (κ2) is 7.94. The standard InChI is InChI=1S/C17H16F3N3O4/c18-17(19,20)27-12-3-1-11(2-4-12)23-16(21)22-7-8-24-13-5-6-14-15(9-13)26-10-25-14/h1-6,9H,7-8,10H2,(H3,21,22,23). The van der Waals surface area contributed by atoms with Crippen LogP contribution in [0.1, 0.15) is 0 Å². The number of hydrogen-bond acceptors (Lipinski definition) is 5.